The molecule has 1 amide bonds. The molecule has 0 saturated heterocycles. The summed E-state index contributed by atoms with van der Waals surface area (Å²) in [5.41, 5.74) is 0.288. The summed E-state index contributed by atoms with van der Waals surface area (Å²) in [7, 11) is 0.163. The van der Waals surface area contributed by atoms with E-state index in [9.17, 15) is 22.0 Å². The molecule has 0 radical (unpaired) electrons. The Hall–Kier alpha value is -2.18. The van der Waals surface area contributed by atoms with E-state index in [1.54, 1.807) is 6.92 Å². The highest BCUT2D eigenvalue weighted by atomic mass is 35.5. The number of benzene rings is 2. The number of fused-ring (bicyclic) bond motifs is 1. The van der Waals surface area contributed by atoms with Crippen molar-refractivity contribution in [1.29, 1.82) is 0 Å². The molecule has 2 aromatic carbocycles. The van der Waals surface area contributed by atoms with Crippen molar-refractivity contribution >= 4 is 55.0 Å². The summed E-state index contributed by atoms with van der Waals surface area (Å²) in [5, 5.41) is 0.256. The predicted molar refractivity (Wildman–Crippen MR) is 147 cm³/mol. The molecule has 3 rings (SSSR count). The molecule has 1 aromatic heterocycles. The third-order valence-corrected chi connectivity index (χ3v) is 8.73. The van der Waals surface area contributed by atoms with Crippen LogP contribution in [0.4, 0.5) is 13.9 Å². The molecule has 0 aliphatic heterocycles. The van der Waals surface area contributed by atoms with Gasteiger partial charge < -0.3 is 4.90 Å². The van der Waals surface area contributed by atoms with E-state index in [1.165, 1.54) is 39.5 Å². The van der Waals surface area contributed by atoms with Crippen molar-refractivity contribution in [3.05, 3.63) is 53.6 Å². The van der Waals surface area contributed by atoms with Gasteiger partial charge >= 0.3 is 0 Å². The lowest BCUT2D eigenvalue weighted by atomic mass is 10.2. The summed E-state index contributed by atoms with van der Waals surface area (Å²) in [5.74, 6) is -1.89. The summed E-state index contributed by atoms with van der Waals surface area (Å²) in [4.78, 5) is 21.3. The Morgan fingerprint density at radius 2 is 1.68 bits per heavy atom. The maximum atomic E-state index is 14.3. The van der Waals surface area contributed by atoms with Crippen LogP contribution >= 0.6 is 23.7 Å². The van der Waals surface area contributed by atoms with Gasteiger partial charge in [-0.05, 0) is 63.8 Å². The molecule has 0 bridgehead atoms. The number of unbranched alkanes of at least 4 members (excludes halogenated alkanes) is 1. The topological polar surface area (TPSA) is 73.8 Å². The van der Waals surface area contributed by atoms with Crippen LogP contribution in [0.25, 0.3) is 10.2 Å². The van der Waals surface area contributed by atoms with Crippen molar-refractivity contribution in [1.82, 2.24) is 14.2 Å². The third kappa shape index (κ3) is 7.44. The summed E-state index contributed by atoms with van der Waals surface area (Å²) < 4.78 is 55.8. The highest BCUT2D eigenvalue weighted by Gasteiger charge is 2.25. The first-order valence-corrected chi connectivity index (χ1v) is 14.2. The molecule has 0 fully saturated rings. The smallest absolute Gasteiger partial charge is 0.260 e. The fourth-order valence-electron chi connectivity index (χ4n) is 3.75. The lowest BCUT2D eigenvalue weighted by Crippen LogP contribution is -2.34. The van der Waals surface area contributed by atoms with Crippen LogP contribution in [0.1, 0.15) is 43.5 Å². The molecule has 12 heteroatoms. The molecule has 0 aliphatic rings. The summed E-state index contributed by atoms with van der Waals surface area (Å²) in [6.07, 6.45) is 2.27. The Bertz CT molecular complexity index is 1300. The van der Waals surface area contributed by atoms with E-state index in [4.69, 9.17) is 0 Å². The molecular formula is C25H33ClF2N4O3S2. The van der Waals surface area contributed by atoms with Crippen LogP contribution in [0.2, 0.25) is 0 Å². The minimum atomic E-state index is -3.67. The fraction of sp³-hybridized carbons (Fsp3) is 0.440. The number of rotatable bonds is 12. The van der Waals surface area contributed by atoms with Gasteiger partial charge in [0.15, 0.2) is 10.9 Å². The van der Waals surface area contributed by atoms with Crippen molar-refractivity contribution in [2.24, 2.45) is 0 Å². The first-order chi connectivity index (χ1) is 17.1. The largest absolute Gasteiger partial charge is 0.309 e. The highest BCUT2D eigenvalue weighted by Crippen LogP contribution is 2.32. The minimum absolute atomic E-state index is 0. The molecular weight excluding hydrogens is 542 g/mol. The highest BCUT2D eigenvalue weighted by molar-refractivity contribution is 7.89. The van der Waals surface area contributed by atoms with Crippen molar-refractivity contribution in [2.75, 3.05) is 45.2 Å². The van der Waals surface area contributed by atoms with E-state index in [0.29, 0.717) is 37.3 Å². The number of amides is 1. The molecule has 0 atom stereocenters. The lowest BCUT2D eigenvalue weighted by molar-refractivity contribution is 0.0986. The molecule has 0 spiro atoms. The minimum Gasteiger partial charge on any atom is -0.309 e. The second-order valence-corrected chi connectivity index (χ2v) is 11.7. The second kappa shape index (κ2) is 13.6. The molecule has 37 heavy (non-hydrogen) atoms. The number of thiazole rings is 1. The fourth-order valence-corrected chi connectivity index (χ4v) is 6.26. The van der Waals surface area contributed by atoms with Gasteiger partial charge in [0, 0.05) is 31.3 Å². The summed E-state index contributed by atoms with van der Waals surface area (Å²) in [6.45, 7) is 5.60. The molecule has 7 nitrogen and oxygen atoms in total. The monoisotopic (exact) mass is 574 g/mol. The first kappa shape index (κ1) is 31.0. The van der Waals surface area contributed by atoms with Crippen molar-refractivity contribution in [3.63, 3.8) is 0 Å². The van der Waals surface area contributed by atoms with Crippen LogP contribution in [-0.2, 0) is 10.0 Å². The van der Waals surface area contributed by atoms with Crippen LogP contribution in [0.5, 0.6) is 0 Å². The summed E-state index contributed by atoms with van der Waals surface area (Å²) >= 11 is 1.04. The van der Waals surface area contributed by atoms with Gasteiger partial charge in [0.2, 0.25) is 10.0 Å². The van der Waals surface area contributed by atoms with E-state index in [2.05, 4.69) is 4.98 Å². The third-order valence-electron chi connectivity index (χ3n) is 5.72. The van der Waals surface area contributed by atoms with Gasteiger partial charge in [-0.3, -0.25) is 9.69 Å². The van der Waals surface area contributed by atoms with Gasteiger partial charge in [-0.25, -0.2) is 22.2 Å². The van der Waals surface area contributed by atoms with Crippen molar-refractivity contribution < 1.29 is 22.0 Å². The molecule has 0 N–H and O–H groups in total. The number of hydrogen-bond acceptors (Lipinski definition) is 6. The average Bonchev–Trinajstić information content (AvgIpc) is 3.25. The Morgan fingerprint density at radius 3 is 2.27 bits per heavy atom. The van der Waals surface area contributed by atoms with Crippen LogP contribution < -0.4 is 4.90 Å². The van der Waals surface area contributed by atoms with E-state index in [0.717, 1.165) is 30.2 Å². The Morgan fingerprint density at radius 1 is 1.00 bits per heavy atom. The van der Waals surface area contributed by atoms with E-state index in [-0.39, 0.29) is 33.5 Å². The van der Waals surface area contributed by atoms with Crippen LogP contribution in [-0.4, -0.2) is 68.8 Å². The number of anilines is 1. The number of aromatic nitrogens is 1. The second-order valence-electron chi connectivity index (χ2n) is 8.72. The molecule has 0 unspecified atom stereocenters. The standard InChI is InChI=1S/C25H32F2N4O3S2.ClH/c1-5-7-14-30(6-2)36(33,34)20-11-9-18(10-12-20)24(32)31(15-8-13-29(3)4)25-28-23-21(27)16-19(26)17-22(23)35-25;/h9-12,16-17H,5-8,13-15H2,1-4H3;1H. The SMILES string of the molecule is CCCCN(CC)S(=O)(=O)c1ccc(C(=O)N(CCCN(C)C)c2nc3c(F)cc(F)cc3s2)cc1.Cl. The van der Waals surface area contributed by atoms with Gasteiger partial charge in [0.05, 0.1) is 9.60 Å². The van der Waals surface area contributed by atoms with E-state index in [1.807, 2.05) is 25.9 Å². The molecule has 1 heterocycles. The predicted octanol–water partition coefficient (Wildman–Crippen LogP) is 5.41. The number of nitrogens with zero attached hydrogens (tertiary/aromatic N) is 4. The maximum Gasteiger partial charge on any atom is 0.260 e. The normalized spacial score (nSPS) is 11.8. The van der Waals surface area contributed by atoms with Gasteiger partial charge in [-0.2, -0.15) is 4.31 Å². The Labute approximate surface area is 227 Å². The van der Waals surface area contributed by atoms with Gasteiger partial charge in [0.25, 0.3) is 5.91 Å². The lowest BCUT2D eigenvalue weighted by Gasteiger charge is -2.22. The van der Waals surface area contributed by atoms with Gasteiger partial charge in [0.1, 0.15) is 11.3 Å². The quantitative estimate of drug-likeness (QED) is 0.289. The number of halogens is 3. The number of sulfonamides is 1. The number of carbonyl (C=O) groups is 1. The molecule has 0 aliphatic carbocycles. The van der Waals surface area contributed by atoms with Crippen LogP contribution in [0, 0.1) is 11.6 Å². The van der Waals surface area contributed by atoms with Crippen LogP contribution in [0.3, 0.4) is 0 Å². The van der Waals surface area contributed by atoms with Crippen molar-refractivity contribution in [3.8, 4) is 0 Å². The maximum absolute atomic E-state index is 14.3. The van der Waals surface area contributed by atoms with Gasteiger partial charge in [-0.1, -0.05) is 31.6 Å². The molecule has 204 valence electrons. The molecule has 3 aromatic rings. The van der Waals surface area contributed by atoms with E-state index >= 15 is 0 Å². The zero-order chi connectivity index (χ0) is 26.5. The Kier molecular flexibility index (Phi) is 11.4. The number of hydrogen-bond donors (Lipinski definition) is 0. The van der Waals surface area contributed by atoms with Crippen molar-refractivity contribution in [2.45, 2.75) is 38.0 Å². The first-order valence-electron chi connectivity index (χ1n) is 11.9. The Balaban J connectivity index is 0.00000481. The molecule has 0 saturated carbocycles. The zero-order valence-corrected chi connectivity index (χ0v) is 23.9. The van der Waals surface area contributed by atoms with Crippen LogP contribution in [0.15, 0.2) is 41.3 Å². The average molecular weight is 575 g/mol. The zero-order valence-electron chi connectivity index (χ0n) is 21.4. The number of carbonyl (C=O) groups excluding carboxylic acids is 1. The van der Waals surface area contributed by atoms with E-state index < -0.39 is 27.6 Å². The van der Waals surface area contributed by atoms with Gasteiger partial charge in [-0.15, -0.1) is 12.4 Å². The summed E-state index contributed by atoms with van der Waals surface area (Å²) in [6, 6.07) is 7.79.